The molecule has 1 aromatic heterocycles. The second-order valence-corrected chi connectivity index (χ2v) is 7.40. The maximum absolute atomic E-state index is 12.5. The van der Waals surface area contributed by atoms with E-state index < -0.39 is 0 Å². The van der Waals surface area contributed by atoms with Crippen LogP contribution in [0.5, 0.6) is 0 Å². The molecule has 1 amide bonds. The summed E-state index contributed by atoms with van der Waals surface area (Å²) in [6.07, 6.45) is 4.48. The quantitative estimate of drug-likeness (QED) is 0.799. The second kappa shape index (κ2) is 8.53. The van der Waals surface area contributed by atoms with Gasteiger partial charge in [0.05, 0.1) is 5.92 Å². The Morgan fingerprint density at radius 3 is 3.21 bits per heavy atom. The van der Waals surface area contributed by atoms with E-state index in [1.165, 1.54) is 5.56 Å². The van der Waals surface area contributed by atoms with Crippen molar-refractivity contribution in [2.75, 3.05) is 12.3 Å². The van der Waals surface area contributed by atoms with E-state index in [9.17, 15) is 4.79 Å². The van der Waals surface area contributed by atoms with Gasteiger partial charge < -0.3 is 5.32 Å². The predicted molar refractivity (Wildman–Crippen MR) is 97.2 cm³/mol. The van der Waals surface area contributed by atoms with E-state index in [2.05, 4.69) is 21.5 Å². The van der Waals surface area contributed by atoms with Crippen LogP contribution < -0.4 is 5.32 Å². The minimum absolute atomic E-state index is 0.0644. The molecule has 1 aliphatic heterocycles. The lowest BCUT2D eigenvalue weighted by Gasteiger charge is -2.14. The fourth-order valence-electron chi connectivity index (χ4n) is 2.89. The lowest BCUT2D eigenvalue weighted by atomic mass is 10.0. The van der Waals surface area contributed by atoms with Crippen LogP contribution in [0.15, 0.2) is 30.6 Å². The largest absolute Gasteiger partial charge is 0.355 e. The fourth-order valence-corrected chi connectivity index (χ4v) is 3.91. The molecule has 7 heteroatoms. The van der Waals surface area contributed by atoms with Gasteiger partial charge in [0.2, 0.25) is 5.91 Å². The van der Waals surface area contributed by atoms with Crippen LogP contribution >= 0.6 is 23.4 Å². The Bertz CT molecular complexity index is 691. The molecule has 0 spiro atoms. The molecule has 0 fully saturated rings. The fraction of sp³-hybridized carbons (Fsp3) is 0.471. The van der Waals surface area contributed by atoms with Crippen LogP contribution in [-0.2, 0) is 17.1 Å². The zero-order valence-corrected chi connectivity index (χ0v) is 15.0. The normalized spacial score (nSPS) is 17.1. The number of hydrogen-bond acceptors (Lipinski definition) is 4. The van der Waals surface area contributed by atoms with Gasteiger partial charge in [-0.05, 0) is 30.5 Å². The molecule has 0 aliphatic carbocycles. The minimum Gasteiger partial charge on any atom is -0.355 e. The van der Waals surface area contributed by atoms with Crippen molar-refractivity contribution in [2.45, 2.75) is 37.5 Å². The van der Waals surface area contributed by atoms with E-state index in [1.807, 2.05) is 22.9 Å². The minimum atomic E-state index is -0.173. The molecule has 5 nitrogen and oxygen atoms in total. The third-order valence-electron chi connectivity index (χ3n) is 4.09. The summed E-state index contributed by atoms with van der Waals surface area (Å²) in [7, 11) is 0. The van der Waals surface area contributed by atoms with Crippen LogP contribution in [0.25, 0.3) is 0 Å². The van der Waals surface area contributed by atoms with E-state index in [4.69, 9.17) is 11.6 Å². The van der Waals surface area contributed by atoms with Crippen molar-refractivity contribution in [1.29, 1.82) is 0 Å². The first-order valence-electron chi connectivity index (χ1n) is 8.21. The topological polar surface area (TPSA) is 59.8 Å². The summed E-state index contributed by atoms with van der Waals surface area (Å²) in [5.41, 5.74) is 1.20. The first-order valence-corrected chi connectivity index (χ1v) is 9.75. The van der Waals surface area contributed by atoms with Crippen LogP contribution in [0, 0.1) is 0 Å². The zero-order chi connectivity index (χ0) is 16.8. The van der Waals surface area contributed by atoms with Crippen molar-refractivity contribution in [3.05, 3.63) is 47.0 Å². The van der Waals surface area contributed by atoms with E-state index in [1.54, 1.807) is 18.1 Å². The Morgan fingerprint density at radius 2 is 2.33 bits per heavy atom. The van der Waals surface area contributed by atoms with Gasteiger partial charge in [0.15, 0.2) is 0 Å². The molecule has 0 saturated carbocycles. The van der Waals surface area contributed by atoms with Crippen molar-refractivity contribution in [1.82, 2.24) is 20.1 Å². The predicted octanol–water partition coefficient (Wildman–Crippen LogP) is 3.25. The smallest absolute Gasteiger partial charge is 0.230 e. The van der Waals surface area contributed by atoms with E-state index in [0.717, 1.165) is 48.2 Å². The monoisotopic (exact) mass is 364 g/mol. The molecule has 1 aromatic carbocycles. The summed E-state index contributed by atoms with van der Waals surface area (Å²) in [5.74, 6) is 2.46. The molecule has 24 heavy (non-hydrogen) atoms. The van der Waals surface area contributed by atoms with Gasteiger partial charge in [-0.1, -0.05) is 30.2 Å². The van der Waals surface area contributed by atoms with Gasteiger partial charge in [-0.25, -0.2) is 9.67 Å². The van der Waals surface area contributed by atoms with Crippen molar-refractivity contribution in [3.63, 3.8) is 0 Å². The summed E-state index contributed by atoms with van der Waals surface area (Å²) in [6, 6.07) is 7.88. The molecular formula is C17H21ClN4OS. The number of nitrogens with one attached hydrogen (secondary N) is 1. The number of amides is 1. The maximum Gasteiger partial charge on any atom is 0.230 e. The highest BCUT2D eigenvalue weighted by Crippen LogP contribution is 2.24. The second-order valence-electron chi connectivity index (χ2n) is 5.86. The summed E-state index contributed by atoms with van der Waals surface area (Å²) in [6.45, 7) is 1.52. The van der Waals surface area contributed by atoms with Crippen LogP contribution in [0.3, 0.4) is 0 Å². The molecule has 128 valence electrons. The summed E-state index contributed by atoms with van der Waals surface area (Å²) < 4.78 is 1.87. The molecule has 1 unspecified atom stereocenters. The Morgan fingerprint density at radius 1 is 1.42 bits per heavy atom. The van der Waals surface area contributed by atoms with Gasteiger partial charge in [0, 0.05) is 29.6 Å². The van der Waals surface area contributed by atoms with Crippen LogP contribution in [0.4, 0.5) is 0 Å². The number of fused-ring (bicyclic) bond motifs is 1. The number of nitrogens with zero attached hydrogens (tertiary/aromatic N) is 3. The number of benzene rings is 1. The molecule has 0 bridgehead atoms. The van der Waals surface area contributed by atoms with E-state index in [-0.39, 0.29) is 11.8 Å². The summed E-state index contributed by atoms with van der Waals surface area (Å²) in [4.78, 5) is 16.8. The third kappa shape index (κ3) is 4.51. The number of thioether (sulfide) groups is 1. The van der Waals surface area contributed by atoms with Gasteiger partial charge in [-0.3, -0.25) is 4.79 Å². The Balaban J connectivity index is 1.43. The zero-order valence-electron chi connectivity index (χ0n) is 13.4. The summed E-state index contributed by atoms with van der Waals surface area (Å²) in [5, 5.41) is 8.01. The molecule has 1 aliphatic rings. The highest BCUT2D eigenvalue weighted by molar-refractivity contribution is 7.98. The molecular weight excluding hydrogens is 344 g/mol. The van der Waals surface area contributed by atoms with E-state index in [0.29, 0.717) is 6.54 Å². The average Bonchev–Trinajstić information content (AvgIpc) is 2.94. The van der Waals surface area contributed by atoms with Crippen LogP contribution in [-0.4, -0.2) is 33.0 Å². The molecule has 1 N–H and O–H groups in total. The highest BCUT2D eigenvalue weighted by atomic mass is 35.5. The number of rotatable bonds is 6. The number of halogens is 1. The van der Waals surface area contributed by atoms with Gasteiger partial charge in [-0.15, -0.1) is 0 Å². The lowest BCUT2D eigenvalue weighted by molar-refractivity contribution is -0.122. The van der Waals surface area contributed by atoms with E-state index >= 15 is 0 Å². The highest BCUT2D eigenvalue weighted by Gasteiger charge is 2.27. The molecule has 3 rings (SSSR count). The Hall–Kier alpha value is -1.53. The maximum atomic E-state index is 12.5. The lowest BCUT2D eigenvalue weighted by Crippen LogP contribution is -2.32. The number of carbonyl (C=O) groups is 1. The van der Waals surface area contributed by atoms with Crippen molar-refractivity contribution < 1.29 is 4.79 Å². The molecule has 1 atom stereocenters. The third-order valence-corrected chi connectivity index (χ3v) is 5.36. The molecule has 2 heterocycles. The van der Waals surface area contributed by atoms with Crippen molar-refractivity contribution in [2.24, 2.45) is 0 Å². The Labute approximate surface area is 151 Å². The SMILES string of the molecule is O=C(NCCSCc1cccc(Cl)c1)C1CCCCn2ncnc21. The average molecular weight is 365 g/mol. The molecule has 0 saturated heterocycles. The van der Waals surface area contributed by atoms with Crippen molar-refractivity contribution >= 4 is 29.3 Å². The van der Waals surface area contributed by atoms with Gasteiger partial charge in [-0.2, -0.15) is 16.9 Å². The number of hydrogen-bond donors (Lipinski definition) is 1. The van der Waals surface area contributed by atoms with Crippen LogP contribution in [0.1, 0.15) is 36.6 Å². The standard InChI is InChI=1S/C17H21ClN4OS/c18-14-5-3-4-13(10-14)11-24-9-7-19-17(23)15-6-1-2-8-22-16(15)20-12-21-22/h3-5,10,12,15H,1-2,6-9,11H2,(H,19,23). The number of aryl methyl sites for hydroxylation is 1. The van der Waals surface area contributed by atoms with Gasteiger partial charge in [0.1, 0.15) is 12.2 Å². The van der Waals surface area contributed by atoms with Gasteiger partial charge >= 0.3 is 0 Å². The van der Waals surface area contributed by atoms with Crippen molar-refractivity contribution in [3.8, 4) is 0 Å². The molecule has 2 aromatic rings. The van der Waals surface area contributed by atoms with Gasteiger partial charge in [0.25, 0.3) is 0 Å². The number of aromatic nitrogens is 3. The summed E-state index contributed by atoms with van der Waals surface area (Å²) >= 11 is 7.77. The first-order chi connectivity index (χ1) is 11.7. The first kappa shape index (κ1) is 17.3. The Kier molecular flexibility index (Phi) is 6.15. The molecule has 0 radical (unpaired) electrons. The number of carbonyl (C=O) groups excluding carboxylic acids is 1. The van der Waals surface area contributed by atoms with Crippen LogP contribution in [0.2, 0.25) is 5.02 Å².